The number of carbonyl (C=O) groups excluding carboxylic acids is 2. The van der Waals surface area contributed by atoms with E-state index < -0.39 is 0 Å². The number of aliphatic hydroxyl groups excluding tert-OH is 2. The molecule has 1 aliphatic carbocycles. The molecule has 0 radical (unpaired) electrons. The van der Waals surface area contributed by atoms with Gasteiger partial charge in [-0.05, 0) is 37.8 Å². The second kappa shape index (κ2) is 9.48. The predicted octanol–water partition coefficient (Wildman–Crippen LogP) is 2.83. The SMILES string of the molecule is O=C1c2cccc(NCCCCO)c2C(=O)c2c(NCCCCO)cccc21. The average molecular weight is 382 g/mol. The molecule has 3 rings (SSSR count). The summed E-state index contributed by atoms with van der Waals surface area (Å²) in [6, 6.07) is 10.6. The molecule has 0 aromatic heterocycles. The maximum atomic E-state index is 13.4. The molecule has 148 valence electrons. The van der Waals surface area contributed by atoms with Crippen LogP contribution in [0.2, 0.25) is 0 Å². The van der Waals surface area contributed by atoms with Crippen molar-refractivity contribution in [3.8, 4) is 0 Å². The van der Waals surface area contributed by atoms with Gasteiger partial charge in [-0.15, -0.1) is 0 Å². The maximum absolute atomic E-state index is 13.4. The molecule has 0 aliphatic heterocycles. The van der Waals surface area contributed by atoms with E-state index in [0.717, 1.165) is 12.8 Å². The first-order valence-electron chi connectivity index (χ1n) is 9.74. The topological polar surface area (TPSA) is 98.7 Å². The minimum atomic E-state index is -0.167. The molecule has 2 aromatic carbocycles. The monoisotopic (exact) mass is 382 g/mol. The zero-order valence-electron chi connectivity index (χ0n) is 15.8. The van der Waals surface area contributed by atoms with Crippen LogP contribution in [0.5, 0.6) is 0 Å². The number of hydrogen-bond acceptors (Lipinski definition) is 6. The van der Waals surface area contributed by atoms with E-state index in [0.29, 0.717) is 59.6 Å². The summed E-state index contributed by atoms with van der Waals surface area (Å²) in [6.45, 7) is 1.49. The Labute approximate surface area is 164 Å². The molecule has 0 bridgehead atoms. The van der Waals surface area contributed by atoms with Crippen molar-refractivity contribution in [2.24, 2.45) is 0 Å². The number of benzene rings is 2. The highest BCUT2D eigenvalue weighted by molar-refractivity contribution is 6.31. The van der Waals surface area contributed by atoms with Crippen molar-refractivity contribution < 1.29 is 19.8 Å². The van der Waals surface area contributed by atoms with Crippen LogP contribution in [0.25, 0.3) is 0 Å². The standard InChI is InChI=1S/C22H26N2O4/c25-13-3-1-11-23-17-9-5-7-15-19(17)22(28)20-16(21(15)27)8-6-10-18(20)24-12-2-4-14-26/h5-10,23-26H,1-4,11-14H2. The van der Waals surface area contributed by atoms with Gasteiger partial charge in [-0.2, -0.15) is 0 Å². The second-order valence-electron chi connectivity index (χ2n) is 6.83. The molecule has 28 heavy (non-hydrogen) atoms. The number of unbranched alkanes of at least 4 members (excludes halogenated alkanes) is 2. The van der Waals surface area contributed by atoms with Crippen LogP contribution < -0.4 is 10.6 Å². The van der Waals surface area contributed by atoms with Gasteiger partial charge in [0.15, 0.2) is 11.6 Å². The summed E-state index contributed by atoms with van der Waals surface area (Å²) >= 11 is 0. The van der Waals surface area contributed by atoms with Crippen molar-refractivity contribution >= 4 is 22.9 Å². The number of nitrogens with one attached hydrogen (secondary N) is 2. The van der Waals surface area contributed by atoms with Crippen LogP contribution in [-0.2, 0) is 0 Å². The van der Waals surface area contributed by atoms with Crippen LogP contribution in [0.3, 0.4) is 0 Å². The van der Waals surface area contributed by atoms with E-state index in [9.17, 15) is 9.59 Å². The number of anilines is 2. The normalized spacial score (nSPS) is 12.5. The molecule has 0 spiro atoms. The van der Waals surface area contributed by atoms with Gasteiger partial charge in [0, 0.05) is 48.8 Å². The molecule has 0 amide bonds. The Hall–Kier alpha value is -2.70. The lowest BCUT2D eigenvalue weighted by atomic mass is 9.82. The molecular weight excluding hydrogens is 356 g/mol. The fourth-order valence-electron chi connectivity index (χ4n) is 3.46. The van der Waals surface area contributed by atoms with E-state index in [1.54, 1.807) is 24.3 Å². The quantitative estimate of drug-likeness (QED) is 0.403. The molecule has 0 fully saturated rings. The van der Waals surface area contributed by atoms with Crippen LogP contribution in [0.4, 0.5) is 11.4 Å². The van der Waals surface area contributed by atoms with E-state index in [1.807, 2.05) is 12.1 Å². The first-order valence-corrected chi connectivity index (χ1v) is 9.74. The Morgan fingerprint density at radius 1 is 0.643 bits per heavy atom. The van der Waals surface area contributed by atoms with Crippen LogP contribution >= 0.6 is 0 Å². The third-order valence-electron chi connectivity index (χ3n) is 4.87. The number of rotatable bonds is 10. The fourth-order valence-corrected chi connectivity index (χ4v) is 3.46. The predicted molar refractivity (Wildman–Crippen MR) is 109 cm³/mol. The Kier molecular flexibility index (Phi) is 6.79. The van der Waals surface area contributed by atoms with Gasteiger partial charge >= 0.3 is 0 Å². The summed E-state index contributed by atoms with van der Waals surface area (Å²) < 4.78 is 0. The molecule has 1 aliphatic rings. The summed E-state index contributed by atoms with van der Waals surface area (Å²) in [5.74, 6) is -0.317. The highest BCUT2D eigenvalue weighted by atomic mass is 16.3. The van der Waals surface area contributed by atoms with E-state index in [1.165, 1.54) is 0 Å². The molecule has 0 saturated heterocycles. The van der Waals surface area contributed by atoms with E-state index in [2.05, 4.69) is 10.6 Å². The molecular formula is C22H26N2O4. The van der Waals surface area contributed by atoms with Gasteiger partial charge in [-0.25, -0.2) is 0 Å². The molecule has 6 heteroatoms. The summed E-state index contributed by atoms with van der Waals surface area (Å²) in [7, 11) is 0. The molecule has 0 saturated carbocycles. The Morgan fingerprint density at radius 3 is 1.54 bits per heavy atom. The Balaban J connectivity index is 1.92. The summed E-state index contributed by atoms with van der Waals surface area (Å²) in [5.41, 5.74) is 2.95. The Morgan fingerprint density at radius 2 is 1.11 bits per heavy atom. The Bertz CT molecular complexity index is 796. The maximum Gasteiger partial charge on any atom is 0.198 e. The lowest BCUT2D eigenvalue weighted by Gasteiger charge is -2.23. The molecule has 6 nitrogen and oxygen atoms in total. The number of aliphatic hydroxyl groups is 2. The lowest BCUT2D eigenvalue weighted by Crippen LogP contribution is -2.24. The van der Waals surface area contributed by atoms with Crippen molar-refractivity contribution in [1.29, 1.82) is 0 Å². The number of ketones is 2. The van der Waals surface area contributed by atoms with Crippen LogP contribution in [0.1, 0.15) is 57.5 Å². The van der Waals surface area contributed by atoms with Gasteiger partial charge in [0.1, 0.15) is 0 Å². The zero-order valence-corrected chi connectivity index (χ0v) is 15.8. The summed E-state index contributed by atoms with van der Waals surface area (Å²) in [4.78, 5) is 26.4. The average Bonchev–Trinajstić information content (AvgIpc) is 2.72. The van der Waals surface area contributed by atoms with Crippen molar-refractivity contribution in [3.63, 3.8) is 0 Å². The first-order chi connectivity index (χ1) is 13.7. The number of carbonyl (C=O) groups is 2. The largest absolute Gasteiger partial charge is 0.396 e. The smallest absolute Gasteiger partial charge is 0.198 e. The fraction of sp³-hybridized carbons (Fsp3) is 0.364. The zero-order chi connectivity index (χ0) is 19.9. The minimum Gasteiger partial charge on any atom is -0.396 e. The third kappa shape index (κ3) is 4.08. The van der Waals surface area contributed by atoms with Gasteiger partial charge in [-0.3, -0.25) is 9.59 Å². The minimum absolute atomic E-state index is 0.130. The van der Waals surface area contributed by atoms with Crippen molar-refractivity contribution in [2.75, 3.05) is 36.9 Å². The molecule has 0 unspecified atom stereocenters. The number of hydrogen-bond donors (Lipinski definition) is 4. The highest BCUT2D eigenvalue weighted by Gasteiger charge is 2.33. The van der Waals surface area contributed by atoms with Crippen LogP contribution in [0.15, 0.2) is 36.4 Å². The summed E-state index contributed by atoms with van der Waals surface area (Å²) in [6.07, 6.45) is 2.91. The second-order valence-corrected chi connectivity index (χ2v) is 6.83. The molecule has 0 atom stereocenters. The molecule has 2 aromatic rings. The van der Waals surface area contributed by atoms with E-state index in [-0.39, 0.29) is 24.8 Å². The van der Waals surface area contributed by atoms with Crippen molar-refractivity contribution in [2.45, 2.75) is 25.7 Å². The van der Waals surface area contributed by atoms with Crippen LogP contribution in [0, 0.1) is 0 Å². The van der Waals surface area contributed by atoms with Gasteiger partial charge in [0.05, 0.1) is 11.1 Å². The van der Waals surface area contributed by atoms with Gasteiger partial charge < -0.3 is 20.8 Å². The van der Waals surface area contributed by atoms with Gasteiger partial charge in [-0.1, -0.05) is 24.3 Å². The highest BCUT2D eigenvalue weighted by Crippen LogP contribution is 2.35. The summed E-state index contributed by atoms with van der Waals surface area (Å²) in [5, 5.41) is 24.3. The molecule has 4 N–H and O–H groups in total. The lowest BCUT2D eigenvalue weighted by molar-refractivity contribution is 0.0980. The van der Waals surface area contributed by atoms with Crippen molar-refractivity contribution in [3.05, 3.63) is 58.7 Å². The number of fused-ring (bicyclic) bond motifs is 2. The van der Waals surface area contributed by atoms with Gasteiger partial charge in [0.25, 0.3) is 0 Å². The first kappa shape index (κ1) is 20.0. The van der Waals surface area contributed by atoms with Crippen molar-refractivity contribution in [1.82, 2.24) is 0 Å². The van der Waals surface area contributed by atoms with E-state index >= 15 is 0 Å². The van der Waals surface area contributed by atoms with Gasteiger partial charge in [0.2, 0.25) is 0 Å². The molecule has 0 heterocycles. The van der Waals surface area contributed by atoms with Crippen LogP contribution in [-0.4, -0.2) is 48.1 Å². The van der Waals surface area contributed by atoms with E-state index in [4.69, 9.17) is 10.2 Å². The third-order valence-corrected chi connectivity index (χ3v) is 4.87.